The normalized spacial score (nSPS) is 22.0. The van der Waals surface area contributed by atoms with Crippen LogP contribution in [0.25, 0.3) is 54.9 Å². The van der Waals surface area contributed by atoms with Gasteiger partial charge in [0.15, 0.2) is 0 Å². The molecule has 2 aromatic heterocycles. The van der Waals surface area contributed by atoms with Crippen molar-refractivity contribution in [3.63, 3.8) is 0 Å². The molecule has 5 aromatic carbocycles. The highest BCUT2D eigenvalue weighted by Gasteiger charge is 2.38. The number of nitriles is 2. The lowest BCUT2D eigenvalue weighted by Gasteiger charge is -2.39. The molecular formula is C45H34N4. The van der Waals surface area contributed by atoms with Crippen LogP contribution in [0.5, 0.6) is 0 Å². The number of hydrogen-bond acceptors (Lipinski definition) is 2. The minimum atomic E-state index is -0.0709. The van der Waals surface area contributed by atoms with E-state index in [0.717, 1.165) is 33.9 Å². The summed E-state index contributed by atoms with van der Waals surface area (Å²) < 4.78 is 4.74. The Morgan fingerprint density at radius 2 is 1.27 bits per heavy atom. The number of benzene rings is 5. The van der Waals surface area contributed by atoms with Crippen LogP contribution >= 0.6 is 0 Å². The van der Waals surface area contributed by atoms with Gasteiger partial charge in [0, 0.05) is 38.7 Å². The molecule has 7 aromatic rings. The average Bonchev–Trinajstić information content (AvgIpc) is 3.68. The van der Waals surface area contributed by atoms with E-state index in [1.807, 2.05) is 12.1 Å². The summed E-state index contributed by atoms with van der Waals surface area (Å²) >= 11 is 0. The molecule has 0 saturated carbocycles. The van der Waals surface area contributed by atoms with E-state index in [2.05, 4.69) is 162 Å². The van der Waals surface area contributed by atoms with Crippen LogP contribution in [0, 0.1) is 46.3 Å². The molecule has 0 N–H and O–H groups in total. The van der Waals surface area contributed by atoms with E-state index in [1.165, 1.54) is 32.9 Å². The molecule has 2 heterocycles. The molecule has 0 radical (unpaired) electrons. The zero-order chi connectivity index (χ0) is 33.1. The van der Waals surface area contributed by atoms with Gasteiger partial charge in [-0.3, -0.25) is 0 Å². The molecule has 4 nitrogen and oxygen atoms in total. The summed E-state index contributed by atoms with van der Waals surface area (Å²) in [7, 11) is 0. The number of nitrogens with zero attached hydrogens (tertiary/aromatic N) is 4. The van der Waals surface area contributed by atoms with Gasteiger partial charge < -0.3 is 9.13 Å². The standard InChI is InChI=1S/C45H34N4/c1-29-25-39(30-21-23-33(24-22-30)48-41-17-6-2-12-34(41)35-13-3-7-18-42(35)48)40(26-32(29)28-47)37-15-5-9-20-44(37)49-43-19-8-4-14-36(43)38-16-10-11-31(27-46)45(38)49/h2-25,29,32,37,40,44H,26H2,1H3. The summed E-state index contributed by atoms with van der Waals surface area (Å²) in [5, 5.41) is 25.3. The van der Waals surface area contributed by atoms with Crippen LogP contribution < -0.4 is 0 Å². The molecule has 2 aliphatic carbocycles. The topological polar surface area (TPSA) is 57.4 Å². The quantitative estimate of drug-likeness (QED) is 0.194. The van der Waals surface area contributed by atoms with Crippen molar-refractivity contribution in [3.8, 4) is 17.8 Å². The highest BCUT2D eigenvalue weighted by atomic mass is 15.0. The Hall–Kier alpha value is -6.10. The fraction of sp³-hybridized carbons (Fsp3) is 0.156. The van der Waals surface area contributed by atoms with Gasteiger partial charge in [0.2, 0.25) is 0 Å². The van der Waals surface area contributed by atoms with E-state index in [4.69, 9.17) is 0 Å². The van der Waals surface area contributed by atoms with Crippen molar-refractivity contribution in [1.82, 2.24) is 9.13 Å². The first-order chi connectivity index (χ1) is 24.2. The highest BCUT2D eigenvalue weighted by Crippen LogP contribution is 2.49. The van der Waals surface area contributed by atoms with Crippen molar-refractivity contribution in [2.75, 3.05) is 0 Å². The molecule has 5 unspecified atom stereocenters. The fourth-order valence-electron chi connectivity index (χ4n) is 8.68. The van der Waals surface area contributed by atoms with Gasteiger partial charge in [-0.05, 0) is 65.8 Å². The smallest absolute Gasteiger partial charge is 0.101 e. The molecule has 0 spiro atoms. The summed E-state index contributed by atoms with van der Waals surface area (Å²) in [6, 6.07) is 45.9. The molecule has 0 bridgehead atoms. The third-order valence-electron chi connectivity index (χ3n) is 11.0. The highest BCUT2D eigenvalue weighted by molar-refractivity contribution is 6.10. The van der Waals surface area contributed by atoms with Crippen molar-refractivity contribution in [3.05, 3.63) is 157 Å². The molecule has 0 amide bonds. The van der Waals surface area contributed by atoms with Crippen molar-refractivity contribution >= 4 is 49.2 Å². The molecule has 9 rings (SSSR count). The second-order valence-electron chi connectivity index (χ2n) is 13.5. The van der Waals surface area contributed by atoms with E-state index >= 15 is 0 Å². The summed E-state index contributed by atoms with van der Waals surface area (Å²) in [4.78, 5) is 0. The first-order valence-corrected chi connectivity index (χ1v) is 17.1. The van der Waals surface area contributed by atoms with Crippen LogP contribution in [0.3, 0.4) is 0 Å². The Kier molecular flexibility index (Phi) is 6.85. The summed E-state index contributed by atoms with van der Waals surface area (Å²) in [5.41, 5.74) is 8.79. The van der Waals surface area contributed by atoms with Crippen LogP contribution in [0.15, 0.2) is 146 Å². The fourth-order valence-corrected chi connectivity index (χ4v) is 8.68. The van der Waals surface area contributed by atoms with Crippen LogP contribution in [0.2, 0.25) is 0 Å². The molecule has 234 valence electrons. The Morgan fingerprint density at radius 1 is 0.653 bits per heavy atom. The van der Waals surface area contributed by atoms with Crippen LogP contribution in [0.4, 0.5) is 0 Å². The largest absolute Gasteiger partial charge is 0.332 e. The van der Waals surface area contributed by atoms with Gasteiger partial charge in [-0.1, -0.05) is 116 Å². The van der Waals surface area contributed by atoms with E-state index in [1.54, 1.807) is 0 Å². The lowest BCUT2D eigenvalue weighted by Crippen LogP contribution is -2.31. The molecular weight excluding hydrogens is 597 g/mol. The maximum absolute atomic E-state index is 10.3. The van der Waals surface area contributed by atoms with Gasteiger partial charge in [0.1, 0.15) is 6.07 Å². The van der Waals surface area contributed by atoms with E-state index in [-0.39, 0.29) is 29.7 Å². The molecule has 49 heavy (non-hydrogen) atoms. The number of allylic oxidation sites excluding steroid dienone is 6. The molecule has 4 heteroatoms. The number of hydrogen-bond donors (Lipinski definition) is 0. The monoisotopic (exact) mass is 630 g/mol. The maximum atomic E-state index is 10.3. The van der Waals surface area contributed by atoms with E-state index in [0.29, 0.717) is 5.56 Å². The SMILES string of the molecule is CC1C=C(c2ccc(-n3c4ccccc4c4ccccc43)cc2)C(C2C=CC=CC2n2c3ccccc3c3cccc(C#N)c32)CC1C#N. The van der Waals surface area contributed by atoms with E-state index < -0.39 is 0 Å². The van der Waals surface area contributed by atoms with Gasteiger partial charge in [0.05, 0.1) is 40.1 Å². The predicted octanol–water partition coefficient (Wildman–Crippen LogP) is 10.9. The summed E-state index contributed by atoms with van der Waals surface area (Å²) in [6.07, 6.45) is 12.0. The predicted molar refractivity (Wildman–Crippen MR) is 200 cm³/mol. The van der Waals surface area contributed by atoms with Crippen molar-refractivity contribution < 1.29 is 0 Å². The van der Waals surface area contributed by atoms with Crippen molar-refractivity contribution in [2.24, 2.45) is 23.7 Å². The molecule has 0 aliphatic heterocycles. The molecule has 0 fully saturated rings. The number of fused-ring (bicyclic) bond motifs is 6. The Labute approximate surface area is 285 Å². The number of rotatable bonds is 4. The number of para-hydroxylation sites is 4. The van der Waals surface area contributed by atoms with Gasteiger partial charge >= 0.3 is 0 Å². The van der Waals surface area contributed by atoms with Crippen LogP contribution in [-0.2, 0) is 0 Å². The Morgan fingerprint density at radius 3 is 1.94 bits per heavy atom. The molecule has 2 aliphatic rings. The second kappa shape index (κ2) is 11.6. The minimum Gasteiger partial charge on any atom is -0.332 e. The second-order valence-corrected chi connectivity index (χ2v) is 13.5. The third-order valence-corrected chi connectivity index (χ3v) is 11.0. The summed E-state index contributed by atoms with van der Waals surface area (Å²) in [6.45, 7) is 2.18. The van der Waals surface area contributed by atoms with Crippen molar-refractivity contribution in [2.45, 2.75) is 19.4 Å². The minimum absolute atomic E-state index is 0.0278. The lowest BCUT2D eigenvalue weighted by atomic mass is 9.67. The van der Waals surface area contributed by atoms with Gasteiger partial charge in [0.25, 0.3) is 0 Å². The van der Waals surface area contributed by atoms with E-state index in [9.17, 15) is 10.5 Å². The van der Waals surface area contributed by atoms with Crippen molar-refractivity contribution in [1.29, 1.82) is 10.5 Å². The molecule has 0 saturated heterocycles. The Bertz CT molecular complexity index is 2540. The average molecular weight is 631 g/mol. The maximum Gasteiger partial charge on any atom is 0.101 e. The number of aromatic nitrogens is 2. The zero-order valence-corrected chi connectivity index (χ0v) is 27.2. The zero-order valence-electron chi connectivity index (χ0n) is 27.2. The third kappa shape index (κ3) is 4.49. The van der Waals surface area contributed by atoms with Crippen LogP contribution in [0.1, 0.15) is 30.5 Å². The summed E-state index contributed by atoms with van der Waals surface area (Å²) in [5.74, 6) is 0.269. The lowest BCUT2D eigenvalue weighted by molar-refractivity contribution is 0.306. The van der Waals surface area contributed by atoms with Gasteiger partial charge in [-0.2, -0.15) is 10.5 Å². The van der Waals surface area contributed by atoms with Gasteiger partial charge in [-0.25, -0.2) is 0 Å². The van der Waals surface area contributed by atoms with Crippen LogP contribution in [-0.4, -0.2) is 9.13 Å². The Balaban J connectivity index is 1.17. The first kappa shape index (κ1) is 29.1. The molecule has 5 atom stereocenters. The van der Waals surface area contributed by atoms with Gasteiger partial charge in [-0.15, -0.1) is 0 Å². The first-order valence-electron chi connectivity index (χ1n) is 17.1.